The summed E-state index contributed by atoms with van der Waals surface area (Å²) in [5.41, 5.74) is 2.96. The zero-order valence-electron chi connectivity index (χ0n) is 17.0. The molecule has 0 aliphatic heterocycles. The first-order valence-corrected chi connectivity index (χ1v) is 10.4. The summed E-state index contributed by atoms with van der Waals surface area (Å²) in [4.78, 5) is 18.3. The summed E-state index contributed by atoms with van der Waals surface area (Å²) in [6.07, 6.45) is 5.98. The van der Waals surface area contributed by atoms with Crippen LogP contribution in [-0.2, 0) is 17.9 Å². The topological polar surface area (TPSA) is 90.5 Å². The fraction of sp³-hybridized carbons (Fsp3) is 0.227. The van der Waals surface area contributed by atoms with Crippen LogP contribution in [0.2, 0.25) is 5.02 Å². The monoisotopic (exact) mass is 435 g/mol. The average molecular weight is 436 g/mol. The SMILES string of the molecule is CCC(C(=O)NCc1ccccc1Cn1ccnc1)n1nnc(-c2ccc(Cl)cc2)n1. The Balaban J connectivity index is 1.44. The summed E-state index contributed by atoms with van der Waals surface area (Å²) in [5, 5.41) is 16.2. The summed E-state index contributed by atoms with van der Waals surface area (Å²) in [7, 11) is 0. The van der Waals surface area contributed by atoms with E-state index in [4.69, 9.17) is 11.6 Å². The maximum atomic E-state index is 12.9. The Morgan fingerprint density at radius 2 is 1.90 bits per heavy atom. The van der Waals surface area contributed by atoms with Gasteiger partial charge in [-0.15, -0.1) is 10.2 Å². The fourth-order valence-electron chi connectivity index (χ4n) is 3.29. The van der Waals surface area contributed by atoms with Crippen molar-refractivity contribution in [2.45, 2.75) is 32.5 Å². The highest BCUT2D eigenvalue weighted by molar-refractivity contribution is 6.30. The zero-order valence-corrected chi connectivity index (χ0v) is 17.8. The number of hydrogen-bond acceptors (Lipinski definition) is 5. The highest BCUT2D eigenvalue weighted by Crippen LogP contribution is 2.19. The highest BCUT2D eigenvalue weighted by atomic mass is 35.5. The molecule has 1 N–H and O–H groups in total. The van der Waals surface area contributed by atoms with Crippen molar-refractivity contribution >= 4 is 17.5 Å². The lowest BCUT2D eigenvalue weighted by Gasteiger charge is -2.15. The lowest BCUT2D eigenvalue weighted by Crippen LogP contribution is -2.33. The first-order chi connectivity index (χ1) is 15.1. The number of nitrogens with zero attached hydrogens (tertiary/aromatic N) is 6. The predicted octanol–water partition coefficient (Wildman–Crippen LogP) is 3.51. The molecule has 0 bridgehead atoms. The van der Waals surface area contributed by atoms with Crippen LogP contribution < -0.4 is 5.32 Å². The standard InChI is InChI=1S/C22H22ClN7O/c1-2-20(30-27-21(26-28-30)16-7-9-19(23)10-8-16)22(31)25-13-17-5-3-4-6-18(17)14-29-12-11-24-15-29/h3-12,15,20H,2,13-14H2,1H3,(H,25,31). The smallest absolute Gasteiger partial charge is 0.247 e. The third-order valence-corrected chi connectivity index (χ3v) is 5.23. The Morgan fingerprint density at radius 3 is 2.61 bits per heavy atom. The molecule has 158 valence electrons. The number of imidazole rings is 1. The average Bonchev–Trinajstić information content (AvgIpc) is 3.47. The zero-order chi connectivity index (χ0) is 21.6. The molecule has 2 aromatic carbocycles. The van der Waals surface area contributed by atoms with Gasteiger partial charge in [0.25, 0.3) is 0 Å². The largest absolute Gasteiger partial charge is 0.350 e. The molecule has 0 spiro atoms. The minimum Gasteiger partial charge on any atom is -0.350 e. The number of rotatable bonds is 8. The molecule has 2 aromatic heterocycles. The second-order valence-corrected chi connectivity index (χ2v) is 7.52. The predicted molar refractivity (Wildman–Crippen MR) is 117 cm³/mol. The Morgan fingerprint density at radius 1 is 1.13 bits per heavy atom. The van der Waals surface area contributed by atoms with Gasteiger partial charge in [-0.1, -0.05) is 42.8 Å². The Labute approximate surface area is 184 Å². The van der Waals surface area contributed by atoms with Gasteiger partial charge in [0.1, 0.15) is 0 Å². The van der Waals surface area contributed by atoms with Crippen molar-refractivity contribution in [3.05, 3.63) is 83.4 Å². The molecule has 4 rings (SSSR count). The van der Waals surface area contributed by atoms with Gasteiger partial charge in [0.2, 0.25) is 11.7 Å². The fourth-order valence-corrected chi connectivity index (χ4v) is 3.41. The molecule has 0 aliphatic rings. The summed E-state index contributed by atoms with van der Waals surface area (Å²) in [5.74, 6) is 0.300. The van der Waals surface area contributed by atoms with Gasteiger partial charge in [0.05, 0.1) is 6.33 Å². The summed E-state index contributed by atoms with van der Waals surface area (Å²) in [6.45, 7) is 3.03. The van der Waals surface area contributed by atoms with E-state index in [1.165, 1.54) is 4.80 Å². The number of nitrogens with one attached hydrogen (secondary N) is 1. The molecular formula is C22H22ClN7O. The van der Waals surface area contributed by atoms with Crippen molar-refractivity contribution in [2.24, 2.45) is 0 Å². The molecule has 8 nitrogen and oxygen atoms in total. The van der Waals surface area contributed by atoms with E-state index in [1.54, 1.807) is 24.7 Å². The van der Waals surface area contributed by atoms with Gasteiger partial charge < -0.3 is 9.88 Å². The molecule has 0 saturated carbocycles. The summed E-state index contributed by atoms with van der Waals surface area (Å²) < 4.78 is 1.99. The molecule has 0 aliphatic carbocycles. The summed E-state index contributed by atoms with van der Waals surface area (Å²) in [6, 6.07) is 14.7. The van der Waals surface area contributed by atoms with E-state index in [-0.39, 0.29) is 5.91 Å². The van der Waals surface area contributed by atoms with Crippen LogP contribution in [0.25, 0.3) is 11.4 Å². The van der Waals surface area contributed by atoms with Crippen LogP contribution in [0, 0.1) is 0 Å². The molecule has 1 unspecified atom stereocenters. The van der Waals surface area contributed by atoms with Gasteiger partial charge in [0, 0.05) is 36.1 Å². The maximum Gasteiger partial charge on any atom is 0.247 e. The van der Waals surface area contributed by atoms with Crippen LogP contribution in [0.4, 0.5) is 0 Å². The quantitative estimate of drug-likeness (QED) is 0.457. The molecule has 2 heterocycles. The van der Waals surface area contributed by atoms with Gasteiger partial charge >= 0.3 is 0 Å². The number of hydrogen-bond donors (Lipinski definition) is 1. The number of benzene rings is 2. The first kappa shape index (κ1) is 20.7. The second-order valence-electron chi connectivity index (χ2n) is 7.09. The van der Waals surface area contributed by atoms with E-state index in [2.05, 4.69) is 31.8 Å². The van der Waals surface area contributed by atoms with Crippen LogP contribution in [-0.4, -0.2) is 35.7 Å². The minimum absolute atomic E-state index is 0.153. The molecule has 4 aromatic rings. The van der Waals surface area contributed by atoms with Crippen molar-refractivity contribution in [1.82, 2.24) is 35.1 Å². The van der Waals surface area contributed by atoms with E-state index in [9.17, 15) is 4.79 Å². The molecule has 1 atom stereocenters. The number of carbonyl (C=O) groups excluding carboxylic acids is 1. The second kappa shape index (κ2) is 9.53. The van der Waals surface area contributed by atoms with Crippen molar-refractivity contribution in [2.75, 3.05) is 0 Å². The summed E-state index contributed by atoms with van der Waals surface area (Å²) >= 11 is 5.94. The van der Waals surface area contributed by atoms with Crippen molar-refractivity contribution in [3.8, 4) is 11.4 Å². The highest BCUT2D eigenvalue weighted by Gasteiger charge is 2.22. The van der Waals surface area contributed by atoms with Gasteiger partial charge in [-0.3, -0.25) is 4.79 Å². The third-order valence-electron chi connectivity index (χ3n) is 4.98. The Kier molecular flexibility index (Phi) is 6.37. The molecule has 9 heteroatoms. The number of tetrazole rings is 1. The molecule has 0 saturated heterocycles. The Hall–Kier alpha value is -3.52. The van der Waals surface area contributed by atoms with Crippen LogP contribution in [0.1, 0.15) is 30.5 Å². The van der Waals surface area contributed by atoms with Crippen LogP contribution in [0.3, 0.4) is 0 Å². The van der Waals surface area contributed by atoms with Crippen molar-refractivity contribution in [3.63, 3.8) is 0 Å². The van der Waals surface area contributed by atoms with Gasteiger partial charge in [-0.2, -0.15) is 4.80 Å². The Bertz CT molecular complexity index is 1140. The third kappa shape index (κ3) is 4.97. The molecule has 31 heavy (non-hydrogen) atoms. The lowest BCUT2D eigenvalue weighted by molar-refractivity contribution is -0.125. The maximum absolute atomic E-state index is 12.9. The van der Waals surface area contributed by atoms with Crippen molar-refractivity contribution in [1.29, 1.82) is 0 Å². The van der Waals surface area contributed by atoms with E-state index < -0.39 is 6.04 Å². The molecular weight excluding hydrogens is 414 g/mol. The van der Waals surface area contributed by atoms with E-state index in [1.807, 2.05) is 48.0 Å². The number of amides is 1. The molecule has 0 radical (unpaired) electrons. The minimum atomic E-state index is -0.547. The van der Waals surface area contributed by atoms with Crippen LogP contribution in [0.15, 0.2) is 67.3 Å². The van der Waals surface area contributed by atoms with Crippen molar-refractivity contribution < 1.29 is 4.79 Å². The van der Waals surface area contributed by atoms with Gasteiger partial charge in [0.15, 0.2) is 6.04 Å². The number of halogens is 1. The number of carbonyl (C=O) groups is 1. The molecule has 1 amide bonds. The van der Waals surface area contributed by atoms with Gasteiger partial charge in [-0.05, 0) is 47.0 Å². The number of aromatic nitrogens is 6. The van der Waals surface area contributed by atoms with Crippen LogP contribution in [0.5, 0.6) is 0 Å². The van der Waals surface area contributed by atoms with Crippen LogP contribution >= 0.6 is 11.6 Å². The lowest BCUT2D eigenvalue weighted by atomic mass is 10.1. The van der Waals surface area contributed by atoms with E-state index in [0.717, 1.165) is 16.7 Å². The molecule has 0 fully saturated rings. The van der Waals surface area contributed by atoms with E-state index >= 15 is 0 Å². The first-order valence-electron chi connectivity index (χ1n) is 9.99. The van der Waals surface area contributed by atoms with Gasteiger partial charge in [-0.25, -0.2) is 4.98 Å². The normalized spacial score (nSPS) is 11.9. The van der Waals surface area contributed by atoms with E-state index in [0.29, 0.717) is 30.4 Å².